The predicted octanol–water partition coefficient (Wildman–Crippen LogP) is 6.73. The van der Waals surface area contributed by atoms with E-state index in [1.54, 1.807) is 0 Å². The van der Waals surface area contributed by atoms with Gasteiger partial charge >= 0.3 is 0 Å². The minimum absolute atomic E-state index is 0.0607. The van der Waals surface area contributed by atoms with Crippen LogP contribution in [0.4, 0.5) is 5.69 Å². The van der Waals surface area contributed by atoms with Gasteiger partial charge in [-0.3, -0.25) is 14.2 Å². The molecule has 2 amide bonds. The van der Waals surface area contributed by atoms with Crippen LogP contribution in [0.1, 0.15) is 37.9 Å². The lowest BCUT2D eigenvalue weighted by atomic mass is 9.95. The molecule has 1 aliphatic rings. The van der Waals surface area contributed by atoms with Crippen LogP contribution in [-0.2, 0) is 16.2 Å². The van der Waals surface area contributed by atoms with E-state index in [1.165, 1.54) is 54.1 Å². The van der Waals surface area contributed by atoms with E-state index >= 15 is 0 Å². The van der Waals surface area contributed by atoms with Crippen molar-refractivity contribution in [3.05, 3.63) is 84.7 Å². The zero-order valence-electron chi connectivity index (χ0n) is 24.0. The lowest BCUT2D eigenvalue weighted by Crippen LogP contribution is -2.37. The van der Waals surface area contributed by atoms with E-state index in [0.717, 1.165) is 38.8 Å². The number of amides is 2. The monoisotopic (exact) mass is 644 g/mol. The minimum atomic E-state index is -0.155. The van der Waals surface area contributed by atoms with Gasteiger partial charge in [-0.25, -0.2) is 4.98 Å². The van der Waals surface area contributed by atoms with Crippen molar-refractivity contribution in [2.75, 3.05) is 16.8 Å². The first-order valence-electron chi connectivity index (χ1n) is 14.5. The molecular weight excluding hydrogens is 613 g/mol. The molecule has 44 heavy (non-hydrogen) atoms. The molecule has 0 radical (unpaired) electrons. The summed E-state index contributed by atoms with van der Waals surface area (Å²) in [4.78, 5) is 30.0. The summed E-state index contributed by atoms with van der Waals surface area (Å²) in [5.74, 6) is 1.79. The van der Waals surface area contributed by atoms with Crippen LogP contribution in [0.15, 0.2) is 88.4 Å². The van der Waals surface area contributed by atoms with Crippen LogP contribution in [0, 0.1) is 0 Å². The lowest BCUT2D eigenvalue weighted by Gasteiger charge is -2.22. The van der Waals surface area contributed by atoms with E-state index in [1.807, 2.05) is 83.4 Å². The lowest BCUT2D eigenvalue weighted by molar-refractivity contribution is -0.119. The summed E-state index contributed by atoms with van der Waals surface area (Å²) >= 11 is 4.29. The number of aromatic nitrogens is 4. The molecule has 1 aliphatic carbocycles. The average Bonchev–Trinajstić information content (AvgIpc) is 3.66. The Morgan fingerprint density at radius 2 is 1.64 bits per heavy atom. The molecule has 12 heteroatoms. The fraction of sp³-hybridized carbons (Fsp3) is 0.281. The SMILES string of the molecule is O=C(CSc1nnc(COc2ccccc2)n1-c1ccccc1)Nc1ccc2nc(SCC(=O)NC3CCCCC3)sc2c1. The zero-order chi connectivity index (χ0) is 30.1. The Morgan fingerprint density at radius 3 is 2.43 bits per heavy atom. The molecule has 226 valence electrons. The maximum absolute atomic E-state index is 13.0. The van der Waals surface area contributed by atoms with Gasteiger partial charge in [-0.05, 0) is 55.3 Å². The summed E-state index contributed by atoms with van der Waals surface area (Å²) in [5.41, 5.74) is 2.43. The fourth-order valence-corrected chi connectivity index (χ4v) is 7.69. The number of hydrogen-bond acceptors (Lipinski definition) is 9. The topological polar surface area (TPSA) is 111 Å². The number of benzene rings is 3. The van der Waals surface area contributed by atoms with Crippen LogP contribution in [0.3, 0.4) is 0 Å². The molecule has 0 unspecified atom stereocenters. The third-order valence-electron chi connectivity index (χ3n) is 7.11. The zero-order valence-corrected chi connectivity index (χ0v) is 26.4. The average molecular weight is 645 g/mol. The highest BCUT2D eigenvalue weighted by Crippen LogP contribution is 2.32. The van der Waals surface area contributed by atoms with Crippen molar-refractivity contribution in [1.29, 1.82) is 0 Å². The molecule has 0 spiro atoms. The Labute approximate surface area is 268 Å². The molecule has 0 atom stereocenters. The number of anilines is 1. The molecule has 1 fully saturated rings. The van der Waals surface area contributed by atoms with Gasteiger partial charge in [0, 0.05) is 17.4 Å². The number of thiazole rings is 1. The highest BCUT2D eigenvalue weighted by molar-refractivity contribution is 8.01. The van der Waals surface area contributed by atoms with Crippen molar-refractivity contribution in [2.45, 2.75) is 54.2 Å². The van der Waals surface area contributed by atoms with Crippen molar-refractivity contribution < 1.29 is 14.3 Å². The summed E-state index contributed by atoms with van der Waals surface area (Å²) < 4.78 is 9.64. The number of ether oxygens (including phenoxy) is 1. The smallest absolute Gasteiger partial charge is 0.234 e. The molecule has 3 aromatic carbocycles. The van der Waals surface area contributed by atoms with Gasteiger partial charge < -0.3 is 15.4 Å². The standard InChI is InChI=1S/C32H32N6O3S3/c39-29(20-42-31-37-36-28(19-41-25-14-8-3-9-15-25)38(31)24-12-6-2-7-13-24)34-23-16-17-26-27(18-23)44-32(35-26)43-21-30(40)33-22-10-4-1-5-11-22/h2-3,6-9,12-18,22H,1,4-5,10-11,19-21H2,(H,33,40)(H,34,39). The van der Waals surface area contributed by atoms with Gasteiger partial charge in [0.1, 0.15) is 12.4 Å². The normalized spacial score (nSPS) is 13.5. The fourth-order valence-electron chi connectivity index (χ4n) is 5.00. The van der Waals surface area contributed by atoms with Crippen molar-refractivity contribution in [3.8, 4) is 11.4 Å². The number of thioether (sulfide) groups is 2. The summed E-state index contributed by atoms with van der Waals surface area (Å²) in [5, 5.41) is 15.5. The van der Waals surface area contributed by atoms with Gasteiger partial charge in [0.05, 0.1) is 21.7 Å². The van der Waals surface area contributed by atoms with Crippen molar-refractivity contribution in [2.24, 2.45) is 0 Å². The van der Waals surface area contributed by atoms with Gasteiger partial charge in [0.25, 0.3) is 0 Å². The van der Waals surface area contributed by atoms with Crippen LogP contribution in [-0.4, -0.2) is 49.1 Å². The van der Waals surface area contributed by atoms with Gasteiger partial charge in [-0.15, -0.1) is 21.5 Å². The molecule has 1 saturated carbocycles. The summed E-state index contributed by atoms with van der Waals surface area (Å²) in [6.45, 7) is 0.235. The maximum Gasteiger partial charge on any atom is 0.234 e. The number of nitrogens with one attached hydrogen (secondary N) is 2. The van der Waals surface area contributed by atoms with Crippen LogP contribution >= 0.6 is 34.9 Å². The number of rotatable bonds is 12. The molecule has 2 aromatic heterocycles. The Kier molecular flexibility index (Phi) is 10.1. The summed E-state index contributed by atoms with van der Waals surface area (Å²) in [6.07, 6.45) is 5.78. The van der Waals surface area contributed by atoms with Gasteiger partial charge in [-0.1, -0.05) is 79.2 Å². The second kappa shape index (κ2) is 14.7. The Hall–Kier alpha value is -3.87. The van der Waals surface area contributed by atoms with Crippen LogP contribution in [0.5, 0.6) is 5.75 Å². The summed E-state index contributed by atoms with van der Waals surface area (Å²) in [6, 6.07) is 25.3. The van der Waals surface area contributed by atoms with Crippen molar-refractivity contribution in [1.82, 2.24) is 25.1 Å². The molecule has 2 heterocycles. The number of hydrogen-bond donors (Lipinski definition) is 2. The quantitative estimate of drug-likeness (QED) is 0.144. The molecule has 0 aliphatic heterocycles. The highest BCUT2D eigenvalue weighted by Gasteiger charge is 2.18. The first-order valence-corrected chi connectivity index (χ1v) is 17.3. The molecule has 2 N–H and O–H groups in total. The largest absolute Gasteiger partial charge is 0.486 e. The molecular formula is C32H32N6O3S3. The number of carbonyl (C=O) groups excluding carboxylic acids is 2. The van der Waals surface area contributed by atoms with E-state index in [0.29, 0.717) is 28.5 Å². The van der Waals surface area contributed by atoms with Gasteiger partial charge in [-0.2, -0.15) is 0 Å². The second-order valence-electron chi connectivity index (χ2n) is 10.4. The van der Waals surface area contributed by atoms with Crippen molar-refractivity contribution in [3.63, 3.8) is 0 Å². The Balaban J connectivity index is 1.05. The van der Waals surface area contributed by atoms with Gasteiger partial charge in [0.15, 0.2) is 15.3 Å². The highest BCUT2D eigenvalue weighted by atomic mass is 32.2. The Morgan fingerprint density at radius 1 is 0.886 bits per heavy atom. The third-order valence-corrected chi connectivity index (χ3v) is 10.2. The molecule has 9 nitrogen and oxygen atoms in total. The third kappa shape index (κ3) is 7.99. The predicted molar refractivity (Wildman–Crippen MR) is 177 cm³/mol. The van der Waals surface area contributed by atoms with Crippen molar-refractivity contribution >= 4 is 62.6 Å². The van der Waals surface area contributed by atoms with E-state index in [9.17, 15) is 9.59 Å². The number of nitrogens with zero attached hydrogens (tertiary/aromatic N) is 4. The van der Waals surface area contributed by atoms with Crippen LogP contribution in [0.2, 0.25) is 0 Å². The van der Waals surface area contributed by atoms with E-state index in [-0.39, 0.29) is 24.2 Å². The van der Waals surface area contributed by atoms with E-state index in [2.05, 4.69) is 25.8 Å². The van der Waals surface area contributed by atoms with E-state index in [4.69, 9.17) is 4.74 Å². The number of fused-ring (bicyclic) bond motifs is 1. The number of carbonyl (C=O) groups is 2. The van der Waals surface area contributed by atoms with Crippen LogP contribution in [0.25, 0.3) is 15.9 Å². The molecule has 0 bridgehead atoms. The molecule has 6 rings (SSSR count). The minimum Gasteiger partial charge on any atom is -0.486 e. The first kappa shape index (κ1) is 30.2. The molecule has 5 aromatic rings. The summed E-state index contributed by atoms with van der Waals surface area (Å²) in [7, 11) is 0. The second-order valence-corrected chi connectivity index (χ2v) is 13.6. The first-order chi connectivity index (χ1) is 21.6. The van der Waals surface area contributed by atoms with Gasteiger partial charge in [0.2, 0.25) is 11.8 Å². The number of para-hydroxylation sites is 2. The van der Waals surface area contributed by atoms with Crippen LogP contribution < -0.4 is 15.4 Å². The Bertz CT molecular complexity index is 1700. The maximum atomic E-state index is 13.0. The molecule has 0 saturated heterocycles. The van der Waals surface area contributed by atoms with E-state index < -0.39 is 0 Å².